The molecule has 2 heterocycles. The molecule has 0 atom stereocenters. The Bertz CT molecular complexity index is 1040. The molecule has 154 valence electrons. The minimum atomic E-state index is -0.300. The van der Waals surface area contributed by atoms with Gasteiger partial charge < -0.3 is 10.2 Å². The number of hydrogen-bond donors (Lipinski definition) is 1. The van der Waals surface area contributed by atoms with Crippen LogP contribution >= 0.6 is 11.3 Å². The summed E-state index contributed by atoms with van der Waals surface area (Å²) in [5.74, 6) is -0.417. The second-order valence-corrected chi connectivity index (χ2v) is 8.35. The van der Waals surface area contributed by atoms with Crippen LogP contribution < -0.4 is 5.32 Å². The molecule has 1 aromatic heterocycles. The van der Waals surface area contributed by atoms with Gasteiger partial charge in [0.05, 0.1) is 5.69 Å². The van der Waals surface area contributed by atoms with Crippen LogP contribution in [0, 0.1) is 12.7 Å². The van der Waals surface area contributed by atoms with Crippen LogP contribution in [0.15, 0.2) is 54.6 Å². The summed E-state index contributed by atoms with van der Waals surface area (Å²) in [6.07, 6.45) is 1.43. The summed E-state index contributed by atoms with van der Waals surface area (Å²) < 4.78 is 13.2. The summed E-state index contributed by atoms with van der Waals surface area (Å²) in [5, 5.41) is 3.77. The predicted octanol–water partition coefficient (Wildman–Crippen LogP) is 4.29. The maximum absolute atomic E-state index is 13.2. The zero-order valence-electron chi connectivity index (χ0n) is 16.6. The van der Waals surface area contributed by atoms with Crippen molar-refractivity contribution in [2.24, 2.45) is 0 Å². The van der Waals surface area contributed by atoms with E-state index in [4.69, 9.17) is 0 Å². The number of rotatable bonds is 4. The summed E-state index contributed by atoms with van der Waals surface area (Å²) in [6, 6.07) is 15.3. The Morgan fingerprint density at radius 1 is 1.07 bits per heavy atom. The molecule has 0 aliphatic carbocycles. The number of likely N-dealkylation sites (tertiary alicyclic amines) is 1. The lowest BCUT2D eigenvalue weighted by Crippen LogP contribution is -2.46. The molecule has 2 aromatic carbocycles. The SMILES string of the molecule is Cc1nc(-c2ccc(F)cc2)sc1C(=O)N1CCC(NC(=O)c2ccccc2)CC1. The van der Waals surface area contributed by atoms with E-state index in [1.807, 2.05) is 30.0 Å². The number of benzene rings is 2. The second-order valence-electron chi connectivity index (χ2n) is 7.35. The molecule has 4 rings (SSSR count). The first-order valence-corrected chi connectivity index (χ1v) is 10.7. The zero-order chi connectivity index (χ0) is 21.1. The highest BCUT2D eigenvalue weighted by molar-refractivity contribution is 7.17. The van der Waals surface area contributed by atoms with Crippen molar-refractivity contribution in [3.63, 3.8) is 0 Å². The van der Waals surface area contributed by atoms with Crippen LogP contribution in [-0.2, 0) is 0 Å². The van der Waals surface area contributed by atoms with Gasteiger partial charge in [0, 0.05) is 30.3 Å². The summed E-state index contributed by atoms with van der Waals surface area (Å²) in [5.41, 5.74) is 2.12. The molecule has 0 unspecified atom stereocenters. The molecule has 2 amide bonds. The predicted molar refractivity (Wildman–Crippen MR) is 115 cm³/mol. The molecular weight excluding hydrogens is 401 g/mol. The first-order chi connectivity index (χ1) is 14.5. The van der Waals surface area contributed by atoms with Crippen molar-refractivity contribution in [3.8, 4) is 10.6 Å². The Hall–Kier alpha value is -3.06. The molecule has 1 saturated heterocycles. The monoisotopic (exact) mass is 423 g/mol. The number of nitrogens with one attached hydrogen (secondary N) is 1. The van der Waals surface area contributed by atoms with Gasteiger partial charge in [0.2, 0.25) is 0 Å². The van der Waals surface area contributed by atoms with Gasteiger partial charge in [0.25, 0.3) is 11.8 Å². The van der Waals surface area contributed by atoms with Gasteiger partial charge in [-0.2, -0.15) is 0 Å². The number of carbonyl (C=O) groups excluding carboxylic acids is 2. The lowest BCUT2D eigenvalue weighted by atomic mass is 10.0. The van der Waals surface area contributed by atoms with E-state index in [-0.39, 0.29) is 23.7 Å². The van der Waals surface area contributed by atoms with Gasteiger partial charge in [-0.25, -0.2) is 9.37 Å². The van der Waals surface area contributed by atoms with Crippen LogP contribution in [0.4, 0.5) is 4.39 Å². The van der Waals surface area contributed by atoms with Crippen molar-refractivity contribution in [3.05, 3.63) is 76.5 Å². The Kier molecular flexibility index (Phi) is 5.90. The Labute approximate surface area is 178 Å². The smallest absolute Gasteiger partial charge is 0.265 e. The van der Waals surface area contributed by atoms with Gasteiger partial charge >= 0.3 is 0 Å². The normalized spacial score (nSPS) is 14.5. The van der Waals surface area contributed by atoms with Crippen LogP contribution in [0.25, 0.3) is 10.6 Å². The standard InChI is InChI=1S/C23H22FN3O2S/c1-15-20(30-22(25-15)17-7-9-18(24)10-8-17)23(29)27-13-11-19(12-14-27)26-21(28)16-5-3-2-4-6-16/h2-10,19H,11-14H2,1H3,(H,26,28). The minimum absolute atomic E-state index is 0.0359. The molecule has 5 nitrogen and oxygen atoms in total. The van der Waals surface area contributed by atoms with Gasteiger partial charge in [-0.3, -0.25) is 9.59 Å². The zero-order valence-corrected chi connectivity index (χ0v) is 17.4. The average molecular weight is 424 g/mol. The van der Waals surface area contributed by atoms with E-state index in [0.717, 1.165) is 5.56 Å². The van der Waals surface area contributed by atoms with Gasteiger partial charge in [0.15, 0.2) is 0 Å². The highest BCUT2D eigenvalue weighted by atomic mass is 32.1. The fourth-order valence-electron chi connectivity index (χ4n) is 3.54. The number of halogens is 1. The third kappa shape index (κ3) is 4.41. The molecule has 1 N–H and O–H groups in total. The largest absolute Gasteiger partial charge is 0.349 e. The molecule has 0 saturated carbocycles. The van der Waals surface area contributed by atoms with E-state index in [1.165, 1.54) is 23.5 Å². The van der Waals surface area contributed by atoms with Crippen LogP contribution in [-0.4, -0.2) is 40.8 Å². The van der Waals surface area contributed by atoms with Crippen molar-refractivity contribution >= 4 is 23.2 Å². The fourth-order valence-corrected chi connectivity index (χ4v) is 4.58. The number of hydrogen-bond acceptors (Lipinski definition) is 4. The van der Waals surface area contributed by atoms with Crippen molar-refractivity contribution in [2.45, 2.75) is 25.8 Å². The van der Waals surface area contributed by atoms with E-state index in [1.54, 1.807) is 24.3 Å². The van der Waals surface area contributed by atoms with Crippen LogP contribution in [0.5, 0.6) is 0 Å². The Morgan fingerprint density at radius 3 is 2.40 bits per heavy atom. The van der Waals surface area contributed by atoms with Gasteiger partial charge in [-0.15, -0.1) is 11.3 Å². The van der Waals surface area contributed by atoms with E-state index < -0.39 is 0 Å². The molecule has 7 heteroatoms. The summed E-state index contributed by atoms with van der Waals surface area (Å²) >= 11 is 1.33. The average Bonchev–Trinajstić information content (AvgIpc) is 3.16. The summed E-state index contributed by atoms with van der Waals surface area (Å²) in [4.78, 5) is 32.3. The number of aromatic nitrogens is 1. The summed E-state index contributed by atoms with van der Waals surface area (Å²) in [7, 11) is 0. The Balaban J connectivity index is 1.37. The van der Waals surface area contributed by atoms with E-state index in [0.29, 0.717) is 47.1 Å². The maximum Gasteiger partial charge on any atom is 0.265 e. The first-order valence-electron chi connectivity index (χ1n) is 9.90. The minimum Gasteiger partial charge on any atom is -0.349 e. The molecule has 1 fully saturated rings. The van der Waals surface area contributed by atoms with E-state index in [2.05, 4.69) is 10.3 Å². The molecule has 1 aliphatic rings. The van der Waals surface area contributed by atoms with Gasteiger partial charge in [-0.1, -0.05) is 18.2 Å². The molecule has 3 aromatic rings. The van der Waals surface area contributed by atoms with E-state index >= 15 is 0 Å². The first kappa shape index (κ1) is 20.2. The van der Waals surface area contributed by atoms with Crippen molar-refractivity contribution in [1.29, 1.82) is 0 Å². The van der Waals surface area contributed by atoms with Crippen LogP contribution in [0.3, 0.4) is 0 Å². The molecule has 0 bridgehead atoms. The number of amides is 2. The Morgan fingerprint density at radius 2 is 1.73 bits per heavy atom. The fraction of sp³-hybridized carbons (Fsp3) is 0.261. The number of thiazole rings is 1. The summed E-state index contributed by atoms with van der Waals surface area (Å²) in [6.45, 7) is 2.99. The molecule has 1 aliphatic heterocycles. The molecule has 30 heavy (non-hydrogen) atoms. The lowest BCUT2D eigenvalue weighted by Gasteiger charge is -2.32. The highest BCUT2D eigenvalue weighted by Crippen LogP contribution is 2.29. The number of aryl methyl sites for hydroxylation is 1. The number of carbonyl (C=O) groups is 2. The molecule has 0 radical (unpaired) electrons. The van der Waals surface area contributed by atoms with Gasteiger partial charge in [0.1, 0.15) is 15.7 Å². The third-order valence-corrected chi connectivity index (χ3v) is 6.43. The van der Waals surface area contributed by atoms with Crippen molar-refractivity contribution < 1.29 is 14.0 Å². The lowest BCUT2D eigenvalue weighted by molar-refractivity contribution is 0.0702. The number of piperidine rings is 1. The van der Waals surface area contributed by atoms with Crippen molar-refractivity contribution in [2.75, 3.05) is 13.1 Å². The third-order valence-electron chi connectivity index (χ3n) is 5.24. The number of nitrogens with zero attached hydrogens (tertiary/aromatic N) is 2. The topological polar surface area (TPSA) is 62.3 Å². The van der Waals surface area contributed by atoms with Gasteiger partial charge in [-0.05, 0) is 56.2 Å². The van der Waals surface area contributed by atoms with Crippen molar-refractivity contribution in [1.82, 2.24) is 15.2 Å². The van der Waals surface area contributed by atoms with E-state index in [9.17, 15) is 14.0 Å². The second kappa shape index (κ2) is 8.75. The molecule has 0 spiro atoms. The van der Waals surface area contributed by atoms with Crippen LogP contribution in [0.2, 0.25) is 0 Å². The molecular formula is C23H22FN3O2S. The van der Waals surface area contributed by atoms with Crippen LogP contribution in [0.1, 0.15) is 38.6 Å². The highest BCUT2D eigenvalue weighted by Gasteiger charge is 2.27. The quantitative estimate of drug-likeness (QED) is 0.681. The maximum atomic E-state index is 13.2.